The maximum Gasteiger partial charge on any atom is 0.119 e. The summed E-state index contributed by atoms with van der Waals surface area (Å²) in [5.74, 6) is 0.943. The van der Waals surface area contributed by atoms with E-state index in [1.54, 1.807) is 0 Å². The monoisotopic (exact) mass is 220 g/mol. The predicted molar refractivity (Wildman–Crippen MR) is 65.8 cm³/mol. The van der Waals surface area contributed by atoms with Gasteiger partial charge in [-0.25, -0.2) is 0 Å². The van der Waals surface area contributed by atoms with E-state index >= 15 is 0 Å². The fraction of sp³-hybridized carbons (Fsp3) is 0.500. The van der Waals surface area contributed by atoms with Gasteiger partial charge in [0.05, 0.1) is 6.61 Å². The molecule has 2 heteroatoms. The summed E-state index contributed by atoms with van der Waals surface area (Å²) in [7, 11) is 0. The van der Waals surface area contributed by atoms with Crippen LogP contribution in [-0.4, -0.2) is 12.9 Å². The van der Waals surface area contributed by atoms with Crippen molar-refractivity contribution in [2.24, 2.45) is 0 Å². The van der Waals surface area contributed by atoms with Crippen molar-refractivity contribution in [1.29, 1.82) is 0 Å². The van der Waals surface area contributed by atoms with Crippen LogP contribution in [0.25, 0.3) is 0 Å². The number of ether oxygens (including phenoxy) is 1. The van der Waals surface area contributed by atoms with Gasteiger partial charge in [-0.15, -0.1) is 0 Å². The summed E-state index contributed by atoms with van der Waals surface area (Å²) in [5.41, 5.74) is 1.31. The van der Waals surface area contributed by atoms with Gasteiger partial charge >= 0.3 is 0 Å². The normalized spacial score (nSPS) is 10.1. The number of benzene rings is 1. The van der Waals surface area contributed by atoms with E-state index in [1.807, 2.05) is 12.1 Å². The zero-order valence-electron chi connectivity index (χ0n) is 9.95. The van der Waals surface area contributed by atoms with Crippen LogP contribution in [-0.2, 0) is 11.2 Å². The van der Waals surface area contributed by atoms with E-state index in [9.17, 15) is 4.79 Å². The third-order valence-electron chi connectivity index (χ3n) is 2.43. The first kappa shape index (κ1) is 12.8. The lowest BCUT2D eigenvalue weighted by Crippen LogP contribution is -1.95. The molecule has 0 bridgehead atoms. The number of aryl methyl sites for hydroxylation is 1. The topological polar surface area (TPSA) is 26.3 Å². The molecule has 16 heavy (non-hydrogen) atoms. The third-order valence-corrected chi connectivity index (χ3v) is 2.43. The Morgan fingerprint density at radius 2 is 1.94 bits per heavy atom. The Morgan fingerprint density at radius 1 is 1.19 bits per heavy atom. The smallest absolute Gasteiger partial charge is 0.119 e. The molecule has 0 spiro atoms. The van der Waals surface area contributed by atoms with Crippen molar-refractivity contribution >= 4 is 6.29 Å². The van der Waals surface area contributed by atoms with Gasteiger partial charge in [0.1, 0.15) is 12.0 Å². The molecular weight excluding hydrogens is 200 g/mol. The summed E-state index contributed by atoms with van der Waals surface area (Å²) in [6.07, 6.45) is 5.81. The largest absolute Gasteiger partial charge is 0.494 e. The minimum Gasteiger partial charge on any atom is -0.494 e. The summed E-state index contributed by atoms with van der Waals surface area (Å²) in [5, 5.41) is 0. The first-order valence-corrected chi connectivity index (χ1v) is 6.02. The van der Waals surface area contributed by atoms with Gasteiger partial charge < -0.3 is 9.53 Å². The maximum atomic E-state index is 10.1. The van der Waals surface area contributed by atoms with Crippen LogP contribution in [0.3, 0.4) is 0 Å². The molecule has 0 aliphatic carbocycles. The molecule has 0 aromatic heterocycles. The van der Waals surface area contributed by atoms with Crippen LogP contribution in [0.4, 0.5) is 0 Å². The number of carbonyl (C=O) groups is 1. The van der Waals surface area contributed by atoms with Crippen molar-refractivity contribution in [3.05, 3.63) is 29.8 Å². The highest BCUT2D eigenvalue weighted by Crippen LogP contribution is 2.14. The molecule has 0 aliphatic rings. The van der Waals surface area contributed by atoms with Crippen molar-refractivity contribution in [1.82, 2.24) is 0 Å². The van der Waals surface area contributed by atoms with Crippen molar-refractivity contribution < 1.29 is 9.53 Å². The van der Waals surface area contributed by atoms with Crippen LogP contribution in [0.15, 0.2) is 24.3 Å². The Morgan fingerprint density at radius 3 is 2.56 bits per heavy atom. The lowest BCUT2D eigenvalue weighted by molar-refractivity contribution is -0.107. The van der Waals surface area contributed by atoms with Crippen LogP contribution in [0.1, 0.15) is 38.2 Å². The number of aldehydes is 1. The second-order valence-electron chi connectivity index (χ2n) is 3.90. The first-order valence-electron chi connectivity index (χ1n) is 6.02. The molecule has 1 rings (SSSR count). The van der Waals surface area contributed by atoms with E-state index in [0.717, 1.165) is 44.3 Å². The minimum atomic E-state index is 0.678. The minimum absolute atomic E-state index is 0.678. The van der Waals surface area contributed by atoms with E-state index in [0.29, 0.717) is 6.42 Å². The number of unbranched alkanes of at least 4 members (excludes halogenated alkanes) is 2. The summed E-state index contributed by atoms with van der Waals surface area (Å²) in [6.45, 7) is 2.88. The van der Waals surface area contributed by atoms with Crippen molar-refractivity contribution in [2.45, 2.75) is 39.0 Å². The Labute approximate surface area is 97.6 Å². The lowest BCUT2D eigenvalue weighted by Gasteiger charge is -2.05. The average molecular weight is 220 g/mol. The number of carbonyl (C=O) groups excluding carboxylic acids is 1. The fourth-order valence-electron chi connectivity index (χ4n) is 1.53. The third kappa shape index (κ3) is 4.96. The van der Waals surface area contributed by atoms with E-state index in [4.69, 9.17) is 4.74 Å². The number of rotatable bonds is 8. The number of hydrogen-bond donors (Lipinski definition) is 0. The molecule has 0 aliphatic heterocycles. The Kier molecular flexibility index (Phi) is 6.31. The van der Waals surface area contributed by atoms with E-state index < -0.39 is 0 Å². The van der Waals surface area contributed by atoms with Crippen LogP contribution in [0.2, 0.25) is 0 Å². The first-order chi connectivity index (χ1) is 7.86. The fourth-order valence-corrected chi connectivity index (χ4v) is 1.53. The molecule has 0 N–H and O–H groups in total. The number of hydrogen-bond acceptors (Lipinski definition) is 2. The summed E-state index contributed by atoms with van der Waals surface area (Å²) < 4.78 is 5.51. The highest BCUT2D eigenvalue weighted by Gasteiger charge is 1.95. The maximum absolute atomic E-state index is 10.1. The predicted octanol–water partition coefficient (Wildman–Crippen LogP) is 3.39. The molecule has 0 saturated carbocycles. The van der Waals surface area contributed by atoms with Gasteiger partial charge in [-0.1, -0.05) is 19.1 Å². The van der Waals surface area contributed by atoms with Gasteiger partial charge in [0.2, 0.25) is 0 Å². The zero-order chi connectivity index (χ0) is 11.6. The van der Waals surface area contributed by atoms with Crippen molar-refractivity contribution in [3.8, 4) is 5.75 Å². The molecule has 0 fully saturated rings. The van der Waals surface area contributed by atoms with Crippen LogP contribution in [0, 0.1) is 0 Å². The Bertz CT molecular complexity index is 290. The second kappa shape index (κ2) is 7.91. The molecule has 1 aromatic rings. The van der Waals surface area contributed by atoms with E-state index in [2.05, 4.69) is 19.1 Å². The Balaban J connectivity index is 2.30. The molecule has 0 heterocycles. The highest BCUT2D eigenvalue weighted by molar-refractivity contribution is 5.48. The molecule has 2 nitrogen and oxygen atoms in total. The van der Waals surface area contributed by atoms with E-state index in [1.165, 1.54) is 5.56 Å². The summed E-state index contributed by atoms with van der Waals surface area (Å²) >= 11 is 0. The molecule has 0 unspecified atom stereocenters. The quantitative estimate of drug-likeness (QED) is 0.496. The molecule has 0 radical (unpaired) electrons. The summed E-state index contributed by atoms with van der Waals surface area (Å²) in [4.78, 5) is 10.1. The molecule has 0 atom stereocenters. The van der Waals surface area contributed by atoms with Gasteiger partial charge in [-0.2, -0.15) is 0 Å². The molecule has 0 saturated heterocycles. The van der Waals surface area contributed by atoms with E-state index in [-0.39, 0.29) is 0 Å². The van der Waals surface area contributed by atoms with Crippen molar-refractivity contribution in [2.75, 3.05) is 6.61 Å². The molecule has 88 valence electrons. The van der Waals surface area contributed by atoms with Crippen LogP contribution >= 0.6 is 0 Å². The van der Waals surface area contributed by atoms with Gasteiger partial charge in [0, 0.05) is 6.42 Å². The van der Waals surface area contributed by atoms with Gasteiger partial charge in [-0.05, 0) is 43.4 Å². The second-order valence-corrected chi connectivity index (χ2v) is 3.90. The lowest BCUT2D eigenvalue weighted by atomic mass is 10.1. The van der Waals surface area contributed by atoms with Crippen molar-refractivity contribution in [3.63, 3.8) is 0 Å². The molecule has 0 amide bonds. The SMILES string of the molecule is CCCOc1ccc(CCCCC=O)cc1. The average Bonchev–Trinajstić information content (AvgIpc) is 2.33. The highest BCUT2D eigenvalue weighted by atomic mass is 16.5. The molecule has 1 aromatic carbocycles. The van der Waals surface area contributed by atoms with Crippen LogP contribution < -0.4 is 4.74 Å². The zero-order valence-corrected chi connectivity index (χ0v) is 9.95. The summed E-state index contributed by atoms with van der Waals surface area (Å²) in [6, 6.07) is 8.24. The van der Waals surface area contributed by atoms with Gasteiger partial charge in [0.25, 0.3) is 0 Å². The van der Waals surface area contributed by atoms with Gasteiger partial charge in [-0.3, -0.25) is 0 Å². The van der Waals surface area contributed by atoms with Crippen LogP contribution in [0.5, 0.6) is 5.75 Å². The van der Waals surface area contributed by atoms with Gasteiger partial charge in [0.15, 0.2) is 0 Å². The standard InChI is InChI=1S/C14H20O2/c1-2-12-16-14-9-7-13(8-10-14)6-4-3-5-11-15/h7-11H,2-6,12H2,1H3. The Hall–Kier alpha value is -1.31. The molecular formula is C14H20O2.